The van der Waals surface area contributed by atoms with E-state index in [1.807, 2.05) is 31.9 Å². The Hall–Kier alpha value is -2.85. The Morgan fingerprint density at radius 2 is 1.90 bits per heavy atom. The number of nitrogens with zero attached hydrogens (tertiary/aromatic N) is 3. The number of primary sulfonamides is 1. The Morgan fingerprint density at radius 1 is 1.20 bits per heavy atom. The highest BCUT2D eigenvalue weighted by molar-refractivity contribution is 7.89. The first-order valence-corrected chi connectivity index (χ1v) is 10.6. The fourth-order valence-corrected chi connectivity index (χ4v) is 3.97. The molecular formula is C20H21F3N4O2S. The van der Waals surface area contributed by atoms with Crippen LogP contribution in [0.3, 0.4) is 0 Å². The molecule has 0 aliphatic rings. The van der Waals surface area contributed by atoms with Crippen LogP contribution in [0.4, 0.5) is 18.9 Å². The van der Waals surface area contributed by atoms with Crippen molar-refractivity contribution >= 4 is 15.7 Å². The molecule has 0 unspecified atom stereocenters. The highest BCUT2D eigenvalue weighted by Gasteiger charge is 2.38. The van der Waals surface area contributed by atoms with Gasteiger partial charge in [0.05, 0.1) is 11.3 Å². The summed E-state index contributed by atoms with van der Waals surface area (Å²) >= 11 is 0. The normalized spacial score (nSPS) is 12.2. The van der Waals surface area contributed by atoms with E-state index in [9.17, 15) is 21.6 Å². The van der Waals surface area contributed by atoms with E-state index < -0.39 is 32.3 Å². The van der Waals surface area contributed by atoms with E-state index in [1.54, 1.807) is 12.1 Å². The number of hydrogen-bond donors (Lipinski definition) is 1. The monoisotopic (exact) mass is 438 g/mol. The maximum absolute atomic E-state index is 14.0. The third-order valence-corrected chi connectivity index (χ3v) is 5.69. The number of alkyl halides is 3. The molecule has 0 fully saturated rings. The van der Waals surface area contributed by atoms with Crippen LogP contribution in [-0.2, 0) is 16.2 Å². The average Bonchev–Trinajstić information content (AvgIpc) is 3.19. The van der Waals surface area contributed by atoms with Crippen molar-refractivity contribution in [3.05, 3.63) is 59.9 Å². The number of anilines is 1. The van der Waals surface area contributed by atoms with Gasteiger partial charge in [0.2, 0.25) is 10.0 Å². The van der Waals surface area contributed by atoms with Gasteiger partial charge < -0.3 is 4.90 Å². The first-order chi connectivity index (χ1) is 13.9. The lowest BCUT2D eigenvalue weighted by Gasteiger charge is -2.23. The molecule has 2 aromatic carbocycles. The number of aryl methyl sites for hydroxylation is 1. The van der Waals surface area contributed by atoms with Gasteiger partial charge in [-0.25, -0.2) is 18.2 Å². The van der Waals surface area contributed by atoms with Gasteiger partial charge in [-0.1, -0.05) is 12.1 Å². The molecule has 0 amide bonds. The summed E-state index contributed by atoms with van der Waals surface area (Å²) in [6.45, 7) is 4.38. The molecule has 1 aromatic heterocycles. The SMILES string of the molecule is CCN(C)c1cc(C)ccc1-c1cc(C(F)(F)F)c(-n2cccn2)c(S(N)(=O)=O)c1. The Morgan fingerprint density at radius 3 is 2.43 bits per heavy atom. The number of sulfonamides is 1. The van der Waals surface area contributed by atoms with E-state index in [1.165, 1.54) is 24.5 Å². The minimum Gasteiger partial charge on any atom is -0.374 e. The van der Waals surface area contributed by atoms with Crippen LogP contribution in [0.25, 0.3) is 16.8 Å². The summed E-state index contributed by atoms with van der Waals surface area (Å²) in [5.41, 5.74) is 0.391. The molecule has 30 heavy (non-hydrogen) atoms. The molecule has 0 aliphatic carbocycles. The minimum atomic E-state index is -4.84. The van der Waals surface area contributed by atoms with Crippen LogP contribution in [0.5, 0.6) is 0 Å². The fraction of sp³-hybridized carbons (Fsp3) is 0.250. The molecule has 160 valence electrons. The van der Waals surface area contributed by atoms with Gasteiger partial charge in [-0.05, 0) is 49.2 Å². The molecule has 0 radical (unpaired) electrons. The number of halogens is 3. The van der Waals surface area contributed by atoms with E-state index in [0.717, 1.165) is 16.3 Å². The third kappa shape index (κ3) is 4.19. The summed E-state index contributed by atoms with van der Waals surface area (Å²) in [5, 5.41) is 9.12. The molecular weight excluding hydrogens is 417 g/mol. The molecule has 0 aliphatic heterocycles. The topological polar surface area (TPSA) is 81.2 Å². The van der Waals surface area contributed by atoms with Gasteiger partial charge in [0.1, 0.15) is 4.90 Å². The summed E-state index contributed by atoms with van der Waals surface area (Å²) in [5.74, 6) is 0. The second-order valence-electron chi connectivity index (χ2n) is 6.90. The van der Waals surface area contributed by atoms with E-state index in [4.69, 9.17) is 5.14 Å². The number of hydrogen-bond acceptors (Lipinski definition) is 4. The van der Waals surface area contributed by atoms with E-state index in [0.29, 0.717) is 17.8 Å². The van der Waals surface area contributed by atoms with Crippen LogP contribution in [0.15, 0.2) is 53.7 Å². The van der Waals surface area contributed by atoms with Crippen LogP contribution < -0.4 is 10.0 Å². The molecule has 6 nitrogen and oxygen atoms in total. The van der Waals surface area contributed by atoms with Crippen molar-refractivity contribution in [2.75, 3.05) is 18.5 Å². The zero-order valence-electron chi connectivity index (χ0n) is 16.6. The second-order valence-corrected chi connectivity index (χ2v) is 8.43. The highest BCUT2D eigenvalue weighted by atomic mass is 32.2. The molecule has 10 heteroatoms. The van der Waals surface area contributed by atoms with Gasteiger partial charge in [-0.15, -0.1) is 0 Å². The number of nitrogens with two attached hydrogens (primary N) is 1. The lowest BCUT2D eigenvalue weighted by Crippen LogP contribution is -2.21. The van der Waals surface area contributed by atoms with E-state index in [2.05, 4.69) is 5.10 Å². The average molecular weight is 438 g/mol. The first kappa shape index (κ1) is 21.8. The number of benzene rings is 2. The zero-order chi connectivity index (χ0) is 22.3. The zero-order valence-corrected chi connectivity index (χ0v) is 17.4. The van der Waals surface area contributed by atoms with Crippen LogP contribution in [0.1, 0.15) is 18.1 Å². The molecule has 2 N–H and O–H groups in total. The van der Waals surface area contributed by atoms with Crippen LogP contribution in [0, 0.1) is 6.92 Å². The fourth-order valence-electron chi connectivity index (χ4n) is 3.21. The van der Waals surface area contributed by atoms with Crippen molar-refractivity contribution in [1.29, 1.82) is 0 Å². The molecule has 0 atom stereocenters. The van der Waals surface area contributed by atoms with Gasteiger partial charge in [0, 0.05) is 37.2 Å². The molecule has 0 saturated heterocycles. The van der Waals surface area contributed by atoms with Crippen molar-refractivity contribution in [3.63, 3.8) is 0 Å². The smallest absolute Gasteiger partial charge is 0.374 e. The van der Waals surface area contributed by atoms with Crippen molar-refractivity contribution in [2.24, 2.45) is 5.14 Å². The lowest BCUT2D eigenvalue weighted by molar-refractivity contribution is -0.137. The first-order valence-electron chi connectivity index (χ1n) is 9.03. The maximum atomic E-state index is 14.0. The van der Waals surface area contributed by atoms with Crippen molar-refractivity contribution in [3.8, 4) is 16.8 Å². The largest absolute Gasteiger partial charge is 0.418 e. The Kier molecular flexibility index (Phi) is 5.66. The summed E-state index contributed by atoms with van der Waals surface area (Å²) in [6, 6.07) is 8.77. The standard InChI is InChI=1S/C20H21F3N4O2S/c1-4-26(3)17-10-13(2)6-7-15(17)14-11-16(20(21,22)23)19(27-9-5-8-25-27)18(12-14)30(24,28)29/h5-12H,4H2,1-3H3,(H2,24,28,29). The molecule has 1 heterocycles. The van der Waals surface area contributed by atoms with Crippen molar-refractivity contribution in [2.45, 2.75) is 24.9 Å². The quantitative estimate of drug-likeness (QED) is 0.654. The third-order valence-electron chi connectivity index (χ3n) is 4.77. The Labute approximate surface area is 172 Å². The van der Waals surface area contributed by atoms with Gasteiger partial charge in [0.15, 0.2) is 0 Å². The molecule has 3 aromatic rings. The predicted octanol–water partition coefficient (Wildman–Crippen LogP) is 3.97. The summed E-state index contributed by atoms with van der Waals surface area (Å²) in [7, 11) is -2.69. The molecule has 0 bridgehead atoms. The molecule has 0 saturated carbocycles. The summed E-state index contributed by atoms with van der Waals surface area (Å²) in [6.07, 6.45) is -2.34. The molecule has 3 rings (SSSR count). The lowest BCUT2D eigenvalue weighted by atomic mass is 9.98. The molecule has 0 spiro atoms. The highest BCUT2D eigenvalue weighted by Crippen LogP contribution is 2.41. The van der Waals surface area contributed by atoms with Crippen molar-refractivity contribution < 1.29 is 21.6 Å². The number of rotatable bonds is 5. The summed E-state index contributed by atoms with van der Waals surface area (Å²) in [4.78, 5) is 1.22. The summed E-state index contributed by atoms with van der Waals surface area (Å²) < 4.78 is 67.5. The Bertz CT molecular complexity index is 1170. The van der Waals surface area contributed by atoms with E-state index in [-0.39, 0.29) is 5.56 Å². The van der Waals surface area contributed by atoms with Gasteiger partial charge in [-0.3, -0.25) is 0 Å². The van der Waals surface area contributed by atoms with E-state index >= 15 is 0 Å². The predicted molar refractivity (Wildman–Crippen MR) is 109 cm³/mol. The Balaban J connectivity index is 2.43. The van der Waals surface area contributed by atoms with Gasteiger partial charge in [0.25, 0.3) is 0 Å². The number of aromatic nitrogens is 2. The van der Waals surface area contributed by atoms with Gasteiger partial charge >= 0.3 is 6.18 Å². The van der Waals surface area contributed by atoms with Crippen LogP contribution in [-0.4, -0.2) is 31.8 Å². The minimum absolute atomic E-state index is 0.0950. The maximum Gasteiger partial charge on any atom is 0.418 e. The van der Waals surface area contributed by atoms with Crippen molar-refractivity contribution in [1.82, 2.24) is 9.78 Å². The van der Waals surface area contributed by atoms with Crippen LogP contribution in [0.2, 0.25) is 0 Å². The van der Waals surface area contributed by atoms with Crippen LogP contribution >= 0.6 is 0 Å². The van der Waals surface area contributed by atoms with Gasteiger partial charge in [-0.2, -0.15) is 18.3 Å². The second kappa shape index (κ2) is 7.77.